The van der Waals surface area contributed by atoms with Crippen molar-refractivity contribution in [1.29, 1.82) is 0 Å². The predicted molar refractivity (Wildman–Crippen MR) is 76.8 cm³/mol. The van der Waals surface area contributed by atoms with Gasteiger partial charge in [0.1, 0.15) is 0 Å². The van der Waals surface area contributed by atoms with E-state index in [1.54, 1.807) is 25.1 Å². The molecule has 1 aromatic rings. The second-order valence-electron chi connectivity index (χ2n) is 4.71. The van der Waals surface area contributed by atoms with Crippen molar-refractivity contribution in [1.82, 2.24) is 5.32 Å². The lowest BCUT2D eigenvalue weighted by Gasteiger charge is -2.12. The van der Waals surface area contributed by atoms with Crippen molar-refractivity contribution < 1.29 is 14.3 Å². The molecule has 0 bridgehead atoms. The molecule has 1 fully saturated rings. The highest BCUT2D eigenvalue weighted by atomic mass is 35.5. The highest BCUT2D eigenvalue weighted by Crippen LogP contribution is 2.22. The lowest BCUT2D eigenvalue weighted by atomic mass is 10.2. The minimum atomic E-state index is -0.701. The number of rotatable bonds is 3. The van der Waals surface area contributed by atoms with E-state index in [0.29, 0.717) is 23.9 Å². The number of ether oxygens (including phenoxy) is 1. The summed E-state index contributed by atoms with van der Waals surface area (Å²) in [5, 5.41) is 5.66. The molecular formula is C14H17ClN2O3. The number of hydrogen-bond acceptors (Lipinski definition) is 3. The second kappa shape index (κ2) is 6.72. The molecule has 0 saturated carbocycles. The third-order valence-electron chi connectivity index (χ3n) is 3.24. The molecule has 1 aliphatic rings. The zero-order valence-corrected chi connectivity index (χ0v) is 12.0. The second-order valence-corrected chi connectivity index (χ2v) is 5.12. The molecule has 2 rings (SSSR count). The number of carbonyl (C=O) groups excluding carboxylic acids is 2. The smallest absolute Gasteiger partial charge is 0.313 e. The molecule has 5 nitrogen and oxygen atoms in total. The summed E-state index contributed by atoms with van der Waals surface area (Å²) in [6.45, 7) is 2.86. The molecule has 1 heterocycles. The van der Waals surface area contributed by atoms with Crippen LogP contribution in [0.1, 0.15) is 18.4 Å². The first-order valence-corrected chi connectivity index (χ1v) is 6.91. The third-order valence-corrected chi connectivity index (χ3v) is 3.65. The van der Waals surface area contributed by atoms with Gasteiger partial charge < -0.3 is 15.4 Å². The van der Waals surface area contributed by atoms with Crippen LogP contribution in [0.4, 0.5) is 5.69 Å². The Morgan fingerprint density at radius 3 is 2.90 bits per heavy atom. The zero-order valence-electron chi connectivity index (χ0n) is 11.2. The van der Waals surface area contributed by atoms with Crippen molar-refractivity contribution >= 4 is 29.1 Å². The summed E-state index contributed by atoms with van der Waals surface area (Å²) in [6.07, 6.45) is 1.92. The van der Waals surface area contributed by atoms with Crippen molar-refractivity contribution in [3.8, 4) is 0 Å². The van der Waals surface area contributed by atoms with Gasteiger partial charge in [0.05, 0.1) is 6.10 Å². The van der Waals surface area contributed by atoms with E-state index in [1.807, 2.05) is 0 Å². The van der Waals surface area contributed by atoms with Gasteiger partial charge in [-0.15, -0.1) is 0 Å². The molecule has 6 heteroatoms. The van der Waals surface area contributed by atoms with E-state index >= 15 is 0 Å². The van der Waals surface area contributed by atoms with Crippen LogP contribution < -0.4 is 10.6 Å². The predicted octanol–water partition coefficient (Wildman–Crippen LogP) is 1.88. The van der Waals surface area contributed by atoms with Gasteiger partial charge in [0.2, 0.25) is 0 Å². The van der Waals surface area contributed by atoms with Crippen LogP contribution in [-0.2, 0) is 14.3 Å². The molecule has 2 amide bonds. The Morgan fingerprint density at radius 1 is 1.40 bits per heavy atom. The Balaban J connectivity index is 1.87. The van der Waals surface area contributed by atoms with Crippen LogP contribution >= 0.6 is 11.6 Å². The van der Waals surface area contributed by atoms with E-state index in [4.69, 9.17) is 16.3 Å². The molecule has 1 unspecified atom stereocenters. The molecule has 0 spiro atoms. The fraction of sp³-hybridized carbons (Fsp3) is 0.429. The van der Waals surface area contributed by atoms with Crippen LogP contribution in [0, 0.1) is 6.92 Å². The highest BCUT2D eigenvalue weighted by Gasteiger charge is 2.19. The first kappa shape index (κ1) is 14.8. The van der Waals surface area contributed by atoms with Gasteiger partial charge in [0.25, 0.3) is 0 Å². The maximum Gasteiger partial charge on any atom is 0.313 e. The maximum atomic E-state index is 11.8. The van der Waals surface area contributed by atoms with Gasteiger partial charge in [0, 0.05) is 23.9 Å². The van der Waals surface area contributed by atoms with Crippen molar-refractivity contribution in [3.05, 3.63) is 28.8 Å². The van der Waals surface area contributed by atoms with Crippen molar-refractivity contribution in [3.63, 3.8) is 0 Å². The molecule has 1 saturated heterocycles. The molecule has 20 heavy (non-hydrogen) atoms. The first-order valence-electron chi connectivity index (χ1n) is 6.54. The van der Waals surface area contributed by atoms with E-state index in [-0.39, 0.29) is 6.10 Å². The zero-order chi connectivity index (χ0) is 14.5. The van der Waals surface area contributed by atoms with Gasteiger partial charge in [-0.05, 0) is 37.5 Å². The summed E-state index contributed by atoms with van der Waals surface area (Å²) in [7, 11) is 0. The van der Waals surface area contributed by atoms with Crippen LogP contribution in [0.25, 0.3) is 0 Å². The van der Waals surface area contributed by atoms with Crippen molar-refractivity contribution in [2.75, 3.05) is 18.5 Å². The van der Waals surface area contributed by atoms with E-state index in [2.05, 4.69) is 10.6 Å². The molecule has 2 N–H and O–H groups in total. The number of carbonyl (C=O) groups is 2. The van der Waals surface area contributed by atoms with Gasteiger partial charge in [-0.2, -0.15) is 0 Å². The van der Waals surface area contributed by atoms with Crippen LogP contribution in [0.2, 0.25) is 5.02 Å². The maximum absolute atomic E-state index is 11.8. The Hall–Kier alpha value is -1.59. The largest absolute Gasteiger partial charge is 0.376 e. The number of halogens is 1. The van der Waals surface area contributed by atoms with Gasteiger partial charge in [0.15, 0.2) is 0 Å². The number of nitrogens with one attached hydrogen (secondary N) is 2. The lowest BCUT2D eigenvalue weighted by Crippen LogP contribution is -2.39. The molecule has 1 aromatic carbocycles. The number of benzene rings is 1. The minimum absolute atomic E-state index is 0.0136. The normalized spacial score (nSPS) is 17.8. The van der Waals surface area contributed by atoms with Gasteiger partial charge >= 0.3 is 11.8 Å². The van der Waals surface area contributed by atoms with Gasteiger partial charge in [-0.1, -0.05) is 17.7 Å². The van der Waals surface area contributed by atoms with E-state index < -0.39 is 11.8 Å². The minimum Gasteiger partial charge on any atom is -0.376 e. The molecule has 108 valence electrons. The van der Waals surface area contributed by atoms with Crippen molar-refractivity contribution in [2.24, 2.45) is 0 Å². The van der Waals surface area contributed by atoms with E-state index in [9.17, 15) is 9.59 Å². The summed E-state index contributed by atoms with van der Waals surface area (Å²) < 4.78 is 5.37. The summed E-state index contributed by atoms with van der Waals surface area (Å²) in [5.41, 5.74) is 1.27. The molecule has 0 radical (unpaired) electrons. The number of amides is 2. The Morgan fingerprint density at radius 2 is 2.20 bits per heavy atom. The van der Waals surface area contributed by atoms with E-state index in [0.717, 1.165) is 18.4 Å². The van der Waals surface area contributed by atoms with Crippen LogP contribution in [0.5, 0.6) is 0 Å². The Labute approximate surface area is 122 Å². The lowest BCUT2D eigenvalue weighted by molar-refractivity contribution is -0.136. The summed E-state index contributed by atoms with van der Waals surface area (Å²) in [4.78, 5) is 23.5. The Kier molecular flexibility index (Phi) is 4.98. The SMILES string of the molecule is Cc1c(Cl)cccc1NC(=O)C(=O)NCC1CCCO1. The van der Waals surface area contributed by atoms with Gasteiger partial charge in [-0.25, -0.2) is 0 Å². The first-order chi connectivity index (χ1) is 9.58. The molecule has 1 aliphatic heterocycles. The highest BCUT2D eigenvalue weighted by molar-refractivity contribution is 6.40. The van der Waals surface area contributed by atoms with Crippen LogP contribution in [-0.4, -0.2) is 31.1 Å². The summed E-state index contributed by atoms with van der Waals surface area (Å²) >= 11 is 5.96. The molecule has 1 atom stereocenters. The molecule has 0 aromatic heterocycles. The number of hydrogen-bond donors (Lipinski definition) is 2. The molecule has 0 aliphatic carbocycles. The van der Waals surface area contributed by atoms with E-state index in [1.165, 1.54) is 0 Å². The summed E-state index contributed by atoms with van der Waals surface area (Å²) in [6, 6.07) is 5.14. The fourth-order valence-electron chi connectivity index (χ4n) is 2.01. The van der Waals surface area contributed by atoms with Gasteiger partial charge in [-0.3, -0.25) is 9.59 Å². The quantitative estimate of drug-likeness (QED) is 0.837. The van der Waals surface area contributed by atoms with Crippen LogP contribution in [0.3, 0.4) is 0 Å². The fourth-order valence-corrected chi connectivity index (χ4v) is 2.19. The monoisotopic (exact) mass is 296 g/mol. The van der Waals surface area contributed by atoms with Crippen LogP contribution in [0.15, 0.2) is 18.2 Å². The topological polar surface area (TPSA) is 67.4 Å². The summed E-state index contributed by atoms with van der Waals surface area (Å²) in [5.74, 6) is -1.37. The molecular weight excluding hydrogens is 280 g/mol. The average molecular weight is 297 g/mol. The average Bonchev–Trinajstić information content (AvgIpc) is 2.94. The standard InChI is InChI=1S/C14H17ClN2O3/c1-9-11(15)5-2-6-12(9)17-14(19)13(18)16-8-10-4-3-7-20-10/h2,5-6,10H,3-4,7-8H2,1H3,(H,16,18)(H,17,19). The Bertz CT molecular complexity index is 513. The third kappa shape index (κ3) is 3.71. The number of anilines is 1. The van der Waals surface area contributed by atoms with Crippen molar-refractivity contribution in [2.45, 2.75) is 25.9 Å².